The molecule has 0 bridgehead atoms. The highest BCUT2D eigenvalue weighted by Gasteiger charge is 2.19. The van der Waals surface area contributed by atoms with Gasteiger partial charge < -0.3 is 14.7 Å². The molecule has 2 aromatic heterocycles. The van der Waals surface area contributed by atoms with E-state index >= 15 is 0 Å². The number of aromatic nitrogens is 3. The van der Waals surface area contributed by atoms with Gasteiger partial charge in [0, 0.05) is 19.1 Å². The molecule has 1 atom stereocenters. The molecule has 0 amide bonds. The second-order valence-corrected chi connectivity index (χ2v) is 6.04. The number of hydrogen-bond donors (Lipinski definition) is 1. The Morgan fingerprint density at radius 2 is 2.27 bits per heavy atom. The van der Waals surface area contributed by atoms with Crippen LogP contribution in [-0.2, 0) is 0 Å². The summed E-state index contributed by atoms with van der Waals surface area (Å²) in [5, 5.41) is 8.26. The third-order valence-electron chi connectivity index (χ3n) is 4.58. The summed E-state index contributed by atoms with van der Waals surface area (Å²) in [5.41, 5.74) is 1.39. The first-order valence-corrected chi connectivity index (χ1v) is 8.34. The number of aryl methyl sites for hydroxylation is 1. The van der Waals surface area contributed by atoms with E-state index in [0.29, 0.717) is 5.71 Å². The van der Waals surface area contributed by atoms with Crippen LogP contribution in [0.3, 0.4) is 0 Å². The van der Waals surface area contributed by atoms with Gasteiger partial charge in [-0.2, -0.15) is 4.98 Å². The van der Waals surface area contributed by atoms with E-state index < -0.39 is 0 Å². The quantitative estimate of drug-likeness (QED) is 0.828. The van der Waals surface area contributed by atoms with Crippen LogP contribution in [0.15, 0.2) is 10.9 Å². The first-order valence-electron chi connectivity index (χ1n) is 8.34. The number of piperidine rings is 1. The van der Waals surface area contributed by atoms with Crippen molar-refractivity contribution in [1.29, 1.82) is 0 Å². The predicted molar refractivity (Wildman–Crippen MR) is 86.9 cm³/mol. The molecule has 1 fully saturated rings. The maximum Gasteiger partial charge on any atom is 0.263 e. The molecule has 6 heteroatoms. The van der Waals surface area contributed by atoms with Crippen LogP contribution in [0.25, 0.3) is 11.1 Å². The normalized spacial score (nSPS) is 19.6. The smallest absolute Gasteiger partial charge is 0.263 e. The Kier molecular flexibility index (Phi) is 4.87. The molecule has 0 aliphatic carbocycles. The average molecular weight is 303 g/mol. The molecule has 22 heavy (non-hydrogen) atoms. The standard InChI is InChI=1S/C16H25N5O/c1-3-13-7-4-5-9-21(13)10-6-8-17-15-14-12(2)20-22-16(14)19-11-18-15/h11,13H,3-10H2,1-2H3,(H,17,18,19). The molecule has 3 rings (SSSR count). The molecule has 0 aromatic carbocycles. The number of hydrogen-bond acceptors (Lipinski definition) is 6. The van der Waals surface area contributed by atoms with Crippen molar-refractivity contribution in [3.05, 3.63) is 12.0 Å². The number of rotatable bonds is 6. The zero-order chi connectivity index (χ0) is 15.4. The molecule has 1 saturated heterocycles. The van der Waals surface area contributed by atoms with Gasteiger partial charge in [-0.05, 0) is 39.2 Å². The Hall–Kier alpha value is -1.69. The lowest BCUT2D eigenvalue weighted by Gasteiger charge is -2.35. The van der Waals surface area contributed by atoms with E-state index in [9.17, 15) is 0 Å². The molecule has 1 unspecified atom stereocenters. The van der Waals surface area contributed by atoms with E-state index in [1.54, 1.807) is 0 Å². The van der Waals surface area contributed by atoms with Crippen LogP contribution in [0.2, 0.25) is 0 Å². The van der Waals surface area contributed by atoms with Crippen molar-refractivity contribution in [2.24, 2.45) is 0 Å². The Morgan fingerprint density at radius 1 is 1.36 bits per heavy atom. The second kappa shape index (κ2) is 7.05. The zero-order valence-electron chi connectivity index (χ0n) is 13.5. The summed E-state index contributed by atoms with van der Waals surface area (Å²) in [6.45, 7) is 7.53. The summed E-state index contributed by atoms with van der Waals surface area (Å²) in [6, 6.07) is 0.778. The van der Waals surface area contributed by atoms with Crippen molar-refractivity contribution < 1.29 is 4.52 Å². The Balaban J connectivity index is 1.53. The number of nitrogens with one attached hydrogen (secondary N) is 1. The number of nitrogens with zero attached hydrogens (tertiary/aromatic N) is 4. The average Bonchev–Trinajstić information content (AvgIpc) is 2.94. The lowest BCUT2D eigenvalue weighted by atomic mass is 10.00. The predicted octanol–water partition coefficient (Wildman–Crippen LogP) is 2.99. The van der Waals surface area contributed by atoms with Crippen molar-refractivity contribution in [1.82, 2.24) is 20.0 Å². The van der Waals surface area contributed by atoms with E-state index in [-0.39, 0.29) is 0 Å². The molecule has 0 radical (unpaired) electrons. The molecule has 1 aliphatic rings. The minimum atomic E-state index is 0.553. The van der Waals surface area contributed by atoms with Gasteiger partial charge in [-0.25, -0.2) is 4.98 Å². The summed E-state index contributed by atoms with van der Waals surface area (Å²) < 4.78 is 5.17. The van der Waals surface area contributed by atoms with Crippen LogP contribution >= 0.6 is 0 Å². The van der Waals surface area contributed by atoms with Gasteiger partial charge in [-0.15, -0.1) is 0 Å². The highest BCUT2D eigenvalue weighted by Crippen LogP contribution is 2.22. The summed E-state index contributed by atoms with van der Waals surface area (Å²) >= 11 is 0. The van der Waals surface area contributed by atoms with Gasteiger partial charge in [0.05, 0.1) is 5.69 Å². The summed E-state index contributed by atoms with van der Waals surface area (Å²) in [6.07, 6.45) is 7.99. The maximum absolute atomic E-state index is 5.17. The lowest BCUT2D eigenvalue weighted by Crippen LogP contribution is -2.40. The van der Waals surface area contributed by atoms with Gasteiger partial charge in [-0.1, -0.05) is 18.5 Å². The number of fused-ring (bicyclic) bond motifs is 1. The summed E-state index contributed by atoms with van der Waals surface area (Å²) in [5.74, 6) is 0.828. The van der Waals surface area contributed by atoms with Crippen LogP contribution in [0.5, 0.6) is 0 Å². The third-order valence-corrected chi connectivity index (χ3v) is 4.58. The molecule has 6 nitrogen and oxygen atoms in total. The van der Waals surface area contributed by atoms with E-state index in [1.165, 1.54) is 38.6 Å². The Morgan fingerprint density at radius 3 is 3.14 bits per heavy atom. The molecule has 0 spiro atoms. The van der Waals surface area contributed by atoms with Crippen molar-refractivity contribution in [2.45, 2.75) is 52.0 Å². The highest BCUT2D eigenvalue weighted by atomic mass is 16.5. The van der Waals surface area contributed by atoms with E-state index in [4.69, 9.17) is 4.52 Å². The topological polar surface area (TPSA) is 67.1 Å². The Bertz CT molecular complexity index is 612. The molecular weight excluding hydrogens is 278 g/mol. The second-order valence-electron chi connectivity index (χ2n) is 6.04. The van der Waals surface area contributed by atoms with Gasteiger partial charge in [0.25, 0.3) is 5.71 Å². The third kappa shape index (κ3) is 3.21. The first kappa shape index (κ1) is 15.2. The van der Waals surface area contributed by atoms with Gasteiger partial charge in [0.15, 0.2) is 0 Å². The van der Waals surface area contributed by atoms with Gasteiger partial charge in [0.1, 0.15) is 17.5 Å². The van der Waals surface area contributed by atoms with E-state index in [0.717, 1.165) is 42.5 Å². The fourth-order valence-corrected chi connectivity index (χ4v) is 3.36. The molecule has 2 aromatic rings. The fourth-order valence-electron chi connectivity index (χ4n) is 3.36. The van der Waals surface area contributed by atoms with Gasteiger partial charge in [-0.3, -0.25) is 0 Å². The monoisotopic (exact) mass is 303 g/mol. The van der Waals surface area contributed by atoms with Crippen LogP contribution in [-0.4, -0.2) is 45.7 Å². The van der Waals surface area contributed by atoms with Crippen LogP contribution < -0.4 is 5.32 Å². The molecule has 0 saturated carbocycles. The maximum atomic E-state index is 5.17. The first-order chi connectivity index (χ1) is 10.8. The summed E-state index contributed by atoms with van der Waals surface area (Å²) in [7, 11) is 0. The van der Waals surface area contributed by atoms with Crippen LogP contribution in [0, 0.1) is 6.92 Å². The number of likely N-dealkylation sites (tertiary alicyclic amines) is 1. The van der Waals surface area contributed by atoms with Gasteiger partial charge in [0.2, 0.25) is 0 Å². The zero-order valence-corrected chi connectivity index (χ0v) is 13.5. The molecular formula is C16H25N5O. The van der Waals surface area contributed by atoms with Crippen LogP contribution in [0.4, 0.5) is 5.82 Å². The Labute approximate surface area is 131 Å². The largest absolute Gasteiger partial charge is 0.369 e. The van der Waals surface area contributed by atoms with Crippen molar-refractivity contribution >= 4 is 16.9 Å². The van der Waals surface area contributed by atoms with Crippen molar-refractivity contribution in [3.63, 3.8) is 0 Å². The van der Waals surface area contributed by atoms with Gasteiger partial charge >= 0.3 is 0 Å². The minimum absolute atomic E-state index is 0.553. The van der Waals surface area contributed by atoms with E-state index in [2.05, 4.69) is 32.3 Å². The number of anilines is 1. The fraction of sp³-hybridized carbons (Fsp3) is 0.688. The lowest BCUT2D eigenvalue weighted by molar-refractivity contribution is 0.144. The highest BCUT2D eigenvalue weighted by molar-refractivity contribution is 5.87. The molecule has 1 aliphatic heterocycles. The van der Waals surface area contributed by atoms with Crippen molar-refractivity contribution in [2.75, 3.05) is 25.0 Å². The summed E-state index contributed by atoms with van der Waals surface area (Å²) in [4.78, 5) is 11.1. The van der Waals surface area contributed by atoms with Crippen molar-refractivity contribution in [3.8, 4) is 0 Å². The van der Waals surface area contributed by atoms with Crippen LogP contribution in [0.1, 0.15) is 44.7 Å². The molecule has 3 heterocycles. The minimum Gasteiger partial charge on any atom is -0.369 e. The molecule has 1 N–H and O–H groups in total. The van der Waals surface area contributed by atoms with E-state index in [1.807, 2.05) is 6.92 Å². The molecule has 120 valence electrons. The SMILES string of the molecule is CCC1CCCCN1CCCNc1ncnc2onc(C)c12.